The number of benzene rings is 1. The van der Waals surface area contributed by atoms with Crippen LogP contribution < -0.4 is 5.32 Å². The van der Waals surface area contributed by atoms with Crippen molar-refractivity contribution >= 4 is 11.9 Å². The summed E-state index contributed by atoms with van der Waals surface area (Å²) in [6, 6.07) is 5.29. The van der Waals surface area contributed by atoms with Crippen LogP contribution in [0.4, 0.5) is 10.3 Å². The van der Waals surface area contributed by atoms with E-state index in [1.165, 1.54) is 16.8 Å². The van der Waals surface area contributed by atoms with E-state index in [0.29, 0.717) is 22.8 Å². The highest BCUT2D eigenvalue weighted by atomic mass is 19.1. The number of carbonyl (C=O) groups is 1. The number of ether oxygens (including phenoxy) is 1. The van der Waals surface area contributed by atoms with Crippen LogP contribution in [-0.2, 0) is 9.53 Å². The second kappa shape index (κ2) is 5.70. The van der Waals surface area contributed by atoms with Crippen LogP contribution in [0.5, 0.6) is 0 Å². The number of nitrogens with zero attached hydrogens (tertiary/aromatic N) is 4. The first-order valence-electron chi connectivity index (χ1n) is 7.51. The predicted octanol–water partition coefficient (Wildman–Crippen LogP) is 2.44. The average Bonchev–Trinajstić information content (AvgIpc) is 2.92. The lowest BCUT2D eigenvalue weighted by Crippen LogP contribution is -2.33. The second-order valence-corrected chi connectivity index (χ2v) is 6.57. The van der Waals surface area contributed by atoms with Gasteiger partial charge in [0.2, 0.25) is 5.95 Å². The first kappa shape index (κ1) is 16.1. The van der Waals surface area contributed by atoms with Gasteiger partial charge >= 0.3 is 5.97 Å². The summed E-state index contributed by atoms with van der Waals surface area (Å²) < 4.78 is 20.3. The molecule has 1 aromatic carbocycles. The molecule has 1 atom stereocenters. The van der Waals surface area contributed by atoms with Gasteiger partial charge in [0, 0.05) is 5.70 Å². The van der Waals surface area contributed by atoms with Crippen molar-refractivity contribution in [3.8, 4) is 0 Å². The molecule has 0 aliphatic carbocycles. The lowest BCUT2D eigenvalue weighted by Gasteiger charge is -2.29. The van der Waals surface area contributed by atoms with Gasteiger partial charge in [0.05, 0.1) is 5.57 Å². The van der Waals surface area contributed by atoms with Crippen LogP contribution in [0, 0.1) is 5.82 Å². The Hall–Kier alpha value is -2.77. The van der Waals surface area contributed by atoms with Crippen LogP contribution in [0.25, 0.3) is 0 Å². The molecule has 3 rings (SSSR count). The van der Waals surface area contributed by atoms with E-state index in [2.05, 4.69) is 20.8 Å². The fourth-order valence-electron chi connectivity index (χ4n) is 2.56. The normalized spacial score (nSPS) is 17.3. The van der Waals surface area contributed by atoms with Gasteiger partial charge in [-0.2, -0.15) is 4.68 Å². The second-order valence-electron chi connectivity index (χ2n) is 6.57. The summed E-state index contributed by atoms with van der Waals surface area (Å²) in [5.74, 6) is -0.416. The first-order valence-corrected chi connectivity index (χ1v) is 7.51. The van der Waals surface area contributed by atoms with Crippen LogP contribution in [0.15, 0.2) is 35.5 Å². The predicted molar refractivity (Wildman–Crippen MR) is 84.5 cm³/mol. The molecule has 0 unspecified atom stereocenters. The molecule has 1 aromatic heterocycles. The number of hydrogen-bond acceptors (Lipinski definition) is 6. The molecular weight excluding hydrogens is 313 g/mol. The molecule has 2 aromatic rings. The fourth-order valence-corrected chi connectivity index (χ4v) is 2.56. The zero-order valence-electron chi connectivity index (χ0n) is 13.9. The van der Waals surface area contributed by atoms with E-state index in [0.717, 1.165) is 0 Å². The molecule has 0 spiro atoms. The number of halogens is 1. The van der Waals surface area contributed by atoms with Crippen molar-refractivity contribution in [2.45, 2.75) is 39.3 Å². The Bertz CT molecular complexity index is 805. The molecule has 1 N–H and O–H groups in total. The quantitative estimate of drug-likeness (QED) is 0.851. The number of allylic oxidation sites excluding steroid dienone is 1. The lowest BCUT2D eigenvalue weighted by atomic mass is 9.95. The van der Waals surface area contributed by atoms with E-state index >= 15 is 0 Å². The Balaban J connectivity index is 2.10. The average molecular weight is 331 g/mol. The number of fused-ring (bicyclic) bond motifs is 1. The third kappa shape index (κ3) is 2.99. The topological polar surface area (TPSA) is 81.9 Å². The molecule has 24 heavy (non-hydrogen) atoms. The zero-order chi connectivity index (χ0) is 17.5. The van der Waals surface area contributed by atoms with Crippen molar-refractivity contribution in [1.82, 2.24) is 20.2 Å². The third-order valence-electron chi connectivity index (χ3n) is 3.52. The van der Waals surface area contributed by atoms with Gasteiger partial charge in [0.25, 0.3) is 0 Å². The molecule has 1 aliphatic heterocycles. The van der Waals surface area contributed by atoms with E-state index in [1.54, 1.807) is 39.8 Å². The molecule has 0 saturated carbocycles. The number of esters is 1. The molecule has 0 fully saturated rings. The Morgan fingerprint density at radius 2 is 1.96 bits per heavy atom. The Labute approximate surface area is 138 Å². The Morgan fingerprint density at radius 3 is 2.58 bits per heavy atom. The molecule has 0 bridgehead atoms. The first-order chi connectivity index (χ1) is 11.3. The Kier molecular flexibility index (Phi) is 3.82. The Morgan fingerprint density at radius 1 is 1.29 bits per heavy atom. The summed E-state index contributed by atoms with van der Waals surface area (Å²) in [4.78, 5) is 12.7. The number of anilines is 1. The maximum Gasteiger partial charge on any atom is 0.338 e. The highest BCUT2D eigenvalue weighted by molar-refractivity contribution is 5.92. The number of aromatic nitrogens is 4. The van der Waals surface area contributed by atoms with Gasteiger partial charge in [0.1, 0.15) is 17.5 Å². The number of nitrogens with one attached hydrogen (secondary N) is 1. The van der Waals surface area contributed by atoms with Gasteiger partial charge in [-0.3, -0.25) is 0 Å². The van der Waals surface area contributed by atoms with Gasteiger partial charge < -0.3 is 10.1 Å². The van der Waals surface area contributed by atoms with Crippen molar-refractivity contribution in [2.75, 3.05) is 5.32 Å². The molecule has 8 heteroatoms. The monoisotopic (exact) mass is 331 g/mol. The zero-order valence-corrected chi connectivity index (χ0v) is 13.9. The highest BCUT2D eigenvalue weighted by Gasteiger charge is 2.36. The number of carbonyl (C=O) groups excluding carboxylic acids is 1. The van der Waals surface area contributed by atoms with E-state index in [-0.39, 0.29) is 5.82 Å². The lowest BCUT2D eigenvalue weighted by molar-refractivity contribution is -0.150. The summed E-state index contributed by atoms with van der Waals surface area (Å²) in [6.07, 6.45) is 0. The molecule has 126 valence electrons. The van der Waals surface area contributed by atoms with Gasteiger partial charge in [-0.1, -0.05) is 17.2 Å². The largest absolute Gasteiger partial charge is 0.456 e. The summed E-state index contributed by atoms with van der Waals surface area (Å²) >= 11 is 0. The molecule has 1 aliphatic rings. The third-order valence-corrected chi connectivity index (χ3v) is 3.52. The molecule has 0 amide bonds. The number of hydrogen-bond donors (Lipinski definition) is 1. The summed E-state index contributed by atoms with van der Waals surface area (Å²) in [7, 11) is 0. The van der Waals surface area contributed by atoms with Crippen molar-refractivity contribution in [3.05, 3.63) is 46.9 Å². The minimum atomic E-state index is -0.640. The van der Waals surface area contributed by atoms with Gasteiger partial charge in [0.15, 0.2) is 0 Å². The van der Waals surface area contributed by atoms with Gasteiger partial charge in [-0.15, -0.1) is 0 Å². The maximum absolute atomic E-state index is 13.3. The molecule has 7 nitrogen and oxygen atoms in total. The van der Waals surface area contributed by atoms with Gasteiger partial charge in [-0.25, -0.2) is 9.18 Å². The van der Waals surface area contributed by atoms with Crippen LogP contribution >= 0.6 is 0 Å². The summed E-state index contributed by atoms with van der Waals surface area (Å²) in [5, 5.41) is 14.5. The smallest absolute Gasteiger partial charge is 0.338 e. The van der Waals surface area contributed by atoms with Crippen molar-refractivity contribution in [1.29, 1.82) is 0 Å². The van der Waals surface area contributed by atoms with E-state index in [4.69, 9.17) is 4.74 Å². The van der Waals surface area contributed by atoms with Crippen molar-refractivity contribution < 1.29 is 13.9 Å². The van der Waals surface area contributed by atoms with E-state index < -0.39 is 17.6 Å². The SMILES string of the molecule is CC1=C(C(=O)OC(C)(C)C)[C@@H](c2ccc(F)cc2)n2nnnc2N1. The standard InChI is InChI=1S/C16H18FN5O2/c1-9-12(14(23)24-16(2,3)4)13(10-5-7-11(17)8-6-10)22-15(18-9)19-20-21-22/h5-8,13H,1-4H3,(H,18,19,21)/t13-/m1/s1. The highest BCUT2D eigenvalue weighted by Crippen LogP contribution is 2.35. The number of rotatable bonds is 2. The minimum absolute atomic E-state index is 0.357. The maximum atomic E-state index is 13.3. The number of tetrazole rings is 1. The van der Waals surface area contributed by atoms with E-state index in [1.807, 2.05) is 0 Å². The van der Waals surface area contributed by atoms with Crippen molar-refractivity contribution in [2.24, 2.45) is 0 Å². The van der Waals surface area contributed by atoms with Crippen LogP contribution in [-0.4, -0.2) is 31.8 Å². The molecule has 2 heterocycles. The molecular formula is C16H18FN5O2. The van der Waals surface area contributed by atoms with E-state index in [9.17, 15) is 9.18 Å². The minimum Gasteiger partial charge on any atom is -0.456 e. The molecule has 0 saturated heterocycles. The fraction of sp³-hybridized carbons (Fsp3) is 0.375. The summed E-state index contributed by atoms with van der Waals surface area (Å²) in [6.45, 7) is 7.15. The molecule has 0 radical (unpaired) electrons. The van der Waals surface area contributed by atoms with Crippen molar-refractivity contribution in [3.63, 3.8) is 0 Å². The van der Waals surface area contributed by atoms with Crippen LogP contribution in [0.2, 0.25) is 0 Å². The van der Waals surface area contributed by atoms with Crippen LogP contribution in [0.3, 0.4) is 0 Å². The van der Waals surface area contributed by atoms with Gasteiger partial charge in [-0.05, 0) is 55.8 Å². The summed E-state index contributed by atoms with van der Waals surface area (Å²) in [5.41, 5.74) is 1.03. The van der Waals surface area contributed by atoms with Crippen LogP contribution in [0.1, 0.15) is 39.3 Å².